The average Bonchev–Trinajstić information content (AvgIpc) is 3.01. The molecule has 1 aromatic carbocycles. The molecule has 0 atom stereocenters. The highest BCUT2D eigenvalue weighted by Crippen LogP contribution is 2.25. The molecule has 0 bridgehead atoms. The van der Waals surface area contributed by atoms with E-state index in [2.05, 4.69) is 23.8 Å². The van der Waals surface area contributed by atoms with Crippen LogP contribution < -0.4 is 4.74 Å². The number of methoxy groups -OCH3 is 1. The van der Waals surface area contributed by atoms with Gasteiger partial charge in [0.2, 0.25) is 17.4 Å². The maximum atomic E-state index is 12.6. The van der Waals surface area contributed by atoms with Crippen molar-refractivity contribution in [2.75, 3.05) is 7.11 Å². The minimum atomic E-state index is -0.107. The fourth-order valence-corrected chi connectivity index (χ4v) is 2.81. The Balaban J connectivity index is 2.11. The highest BCUT2D eigenvalue weighted by Gasteiger charge is 2.19. The van der Waals surface area contributed by atoms with Crippen LogP contribution in [0.5, 0.6) is 5.88 Å². The molecule has 0 unspecified atom stereocenters. The fraction of sp³-hybridized carbons (Fsp3) is 0.316. The zero-order valence-corrected chi connectivity index (χ0v) is 14.4. The summed E-state index contributed by atoms with van der Waals surface area (Å²) in [5.41, 5.74) is 3.06. The molecule has 3 aromatic rings. The molecule has 0 aliphatic heterocycles. The third-order valence-corrected chi connectivity index (χ3v) is 4.02. The van der Waals surface area contributed by atoms with E-state index in [9.17, 15) is 4.79 Å². The number of carbonyl (C=O) groups is 1. The van der Waals surface area contributed by atoms with Gasteiger partial charge in [-0.2, -0.15) is 4.98 Å². The lowest BCUT2D eigenvalue weighted by molar-refractivity contribution is 0.103. The van der Waals surface area contributed by atoms with E-state index in [0.29, 0.717) is 28.8 Å². The van der Waals surface area contributed by atoms with Crippen molar-refractivity contribution >= 4 is 11.6 Å². The predicted octanol–water partition coefficient (Wildman–Crippen LogP) is 3.48. The fourth-order valence-electron chi connectivity index (χ4n) is 2.81. The van der Waals surface area contributed by atoms with Crippen molar-refractivity contribution in [3.05, 3.63) is 59.0 Å². The Labute approximate surface area is 141 Å². The topological polar surface area (TPSA) is 56.5 Å². The molecule has 5 nitrogen and oxygen atoms in total. The van der Waals surface area contributed by atoms with E-state index in [1.807, 2.05) is 29.5 Å². The second-order valence-electron chi connectivity index (χ2n) is 6.27. The summed E-state index contributed by atoms with van der Waals surface area (Å²) in [6, 6.07) is 9.15. The average molecular weight is 323 g/mol. The number of hydrogen-bond acceptors (Lipinski definition) is 4. The number of ketones is 1. The Kier molecular flexibility index (Phi) is 4.34. The maximum Gasteiger partial charge on any atom is 0.237 e. The first-order chi connectivity index (χ1) is 11.5. The Morgan fingerprint density at radius 2 is 1.92 bits per heavy atom. The van der Waals surface area contributed by atoms with Gasteiger partial charge in [-0.15, -0.1) is 0 Å². The summed E-state index contributed by atoms with van der Waals surface area (Å²) < 4.78 is 7.31. The van der Waals surface area contributed by atoms with Gasteiger partial charge in [0.1, 0.15) is 5.69 Å². The number of benzene rings is 1. The van der Waals surface area contributed by atoms with Crippen LogP contribution in [0.25, 0.3) is 5.78 Å². The highest BCUT2D eigenvalue weighted by molar-refractivity contribution is 6.07. The standard InChI is InChI=1S/C19H21N3O2/c1-12(2)10-15-13(3)22-11-16(20-19(22)21-18(15)24-4)17(23)14-8-6-5-7-9-14/h5-9,11-12H,10H2,1-4H3. The van der Waals surface area contributed by atoms with Gasteiger partial charge in [-0.3, -0.25) is 9.20 Å². The number of hydrogen-bond donors (Lipinski definition) is 0. The van der Waals surface area contributed by atoms with Crippen LogP contribution in [0.4, 0.5) is 0 Å². The second kappa shape index (κ2) is 6.43. The molecule has 0 N–H and O–H groups in total. The van der Waals surface area contributed by atoms with Crippen LogP contribution in [0.15, 0.2) is 36.5 Å². The number of fused-ring (bicyclic) bond motifs is 1. The Morgan fingerprint density at radius 1 is 1.21 bits per heavy atom. The summed E-state index contributed by atoms with van der Waals surface area (Å²) >= 11 is 0. The molecule has 0 saturated carbocycles. The number of carbonyl (C=O) groups excluding carboxylic acids is 1. The van der Waals surface area contributed by atoms with Crippen LogP contribution in [-0.2, 0) is 6.42 Å². The molecule has 0 fully saturated rings. The number of aryl methyl sites for hydroxylation is 1. The van der Waals surface area contributed by atoms with E-state index < -0.39 is 0 Å². The van der Waals surface area contributed by atoms with E-state index >= 15 is 0 Å². The van der Waals surface area contributed by atoms with Crippen molar-refractivity contribution < 1.29 is 9.53 Å². The molecule has 0 saturated heterocycles. The van der Waals surface area contributed by atoms with E-state index in [0.717, 1.165) is 17.7 Å². The Morgan fingerprint density at radius 3 is 2.54 bits per heavy atom. The molecule has 2 heterocycles. The number of aromatic nitrogens is 3. The number of rotatable bonds is 5. The molecule has 0 aliphatic rings. The molecular weight excluding hydrogens is 302 g/mol. The van der Waals surface area contributed by atoms with Crippen molar-refractivity contribution in [3.63, 3.8) is 0 Å². The van der Waals surface area contributed by atoms with E-state index in [-0.39, 0.29) is 5.78 Å². The van der Waals surface area contributed by atoms with Crippen molar-refractivity contribution in [3.8, 4) is 5.88 Å². The molecular formula is C19H21N3O2. The van der Waals surface area contributed by atoms with Gasteiger partial charge >= 0.3 is 0 Å². The first kappa shape index (κ1) is 16.2. The molecule has 3 rings (SSSR count). The number of imidazole rings is 1. The summed E-state index contributed by atoms with van der Waals surface area (Å²) in [5.74, 6) is 1.44. The quantitative estimate of drug-likeness (QED) is 0.675. The molecule has 0 aliphatic carbocycles. The zero-order chi connectivity index (χ0) is 17.3. The van der Waals surface area contributed by atoms with Gasteiger partial charge in [-0.1, -0.05) is 44.2 Å². The summed E-state index contributed by atoms with van der Waals surface area (Å²) in [6.07, 6.45) is 2.62. The minimum Gasteiger partial charge on any atom is -0.481 e. The van der Waals surface area contributed by atoms with E-state index in [4.69, 9.17) is 4.74 Å². The molecule has 0 amide bonds. The Bertz CT molecular complexity index is 883. The number of nitrogens with zero attached hydrogens (tertiary/aromatic N) is 3. The summed E-state index contributed by atoms with van der Waals surface area (Å²) in [7, 11) is 1.61. The van der Waals surface area contributed by atoms with Crippen molar-refractivity contribution in [2.24, 2.45) is 5.92 Å². The van der Waals surface area contributed by atoms with Crippen LogP contribution in [-0.4, -0.2) is 27.3 Å². The number of ether oxygens (including phenoxy) is 1. The van der Waals surface area contributed by atoms with Crippen molar-refractivity contribution in [1.29, 1.82) is 0 Å². The lowest BCUT2D eigenvalue weighted by atomic mass is 10.0. The summed E-state index contributed by atoms with van der Waals surface area (Å²) in [6.45, 7) is 6.32. The largest absolute Gasteiger partial charge is 0.481 e. The van der Waals surface area contributed by atoms with Gasteiger partial charge in [-0.05, 0) is 19.3 Å². The maximum absolute atomic E-state index is 12.6. The molecule has 124 valence electrons. The van der Waals surface area contributed by atoms with Crippen molar-refractivity contribution in [2.45, 2.75) is 27.2 Å². The lowest BCUT2D eigenvalue weighted by Crippen LogP contribution is -2.07. The lowest BCUT2D eigenvalue weighted by Gasteiger charge is -2.13. The SMILES string of the molecule is COc1nc2nc(C(=O)c3ccccc3)cn2c(C)c1CC(C)C. The Hall–Kier alpha value is -2.69. The smallest absolute Gasteiger partial charge is 0.237 e. The predicted molar refractivity (Wildman–Crippen MR) is 92.7 cm³/mol. The van der Waals surface area contributed by atoms with Crippen LogP contribution in [0.3, 0.4) is 0 Å². The zero-order valence-electron chi connectivity index (χ0n) is 14.4. The summed E-state index contributed by atoms with van der Waals surface area (Å²) in [5, 5.41) is 0. The minimum absolute atomic E-state index is 0.107. The van der Waals surface area contributed by atoms with Gasteiger partial charge in [-0.25, -0.2) is 4.98 Å². The van der Waals surface area contributed by atoms with Crippen LogP contribution in [0, 0.1) is 12.8 Å². The second-order valence-corrected chi connectivity index (χ2v) is 6.27. The van der Waals surface area contributed by atoms with Gasteiger partial charge < -0.3 is 4.74 Å². The normalized spacial score (nSPS) is 11.2. The summed E-state index contributed by atoms with van der Waals surface area (Å²) in [4.78, 5) is 21.5. The van der Waals surface area contributed by atoms with Gasteiger partial charge in [0.25, 0.3) is 0 Å². The monoisotopic (exact) mass is 323 g/mol. The third-order valence-electron chi connectivity index (χ3n) is 4.02. The van der Waals surface area contributed by atoms with Crippen LogP contribution >= 0.6 is 0 Å². The van der Waals surface area contributed by atoms with E-state index in [1.54, 1.807) is 25.4 Å². The molecule has 0 spiro atoms. The molecule has 0 radical (unpaired) electrons. The molecule has 5 heteroatoms. The van der Waals surface area contributed by atoms with Crippen molar-refractivity contribution in [1.82, 2.24) is 14.4 Å². The van der Waals surface area contributed by atoms with Gasteiger partial charge in [0, 0.05) is 23.0 Å². The molecule has 2 aromatic heterocycles. The first-order valence-electron chi connectivity index (χ1n) is 8.03. The van der Waals surface area contributed by atoms with Gasteiger partial charge in [0.15, 0.2) is 0 Å². The van der Waals surface area contributed by atoms with Crippen LogP contribution in [0.1, 0.15) is 41.2 Å². The van der Waals surface area contributed by atoms with Crippen LogP contribution in [0.2, 0.25) is 0 Å². The third kappa shape index (κ3) is 2.89. The van der Waals surface area contributed by atoms with Gasteiger partial charge in [0.05, 0.1) is 7.11 Å². The molecule has 24 heavy (non-hydrogen) atoms. The van der Waals surface area contributed by atoms with E-state index in [1.165, 1.54) is 0 Å². The highest BCUT2D eigenvalue weighted by atomic mass is 16.5. The first-order valence-corrected chi connectivity index (χ1v) is 8.03.